The van der Waals surface area contributed by atoms with E-state index in [1.807, 2.05) is 31.2 Å². The van der Waals surface area contributed by atoms with E-state index in [0.29, 0.717) is 6.10 Å². The molecule has 2 fully saturated rings. The van der Waals surface area contributed by atoms with Crippen molar-refractivity contribution in [1.29, 1.82) is 0 Å². The van der Waals surface area contributed by atoms with Crippen molar-refractivity contribution < 1.29 is 14.3 Å². The van der Waals surface area contributed by atoms with Crippen molar-refractivity contribution >= 4 is 11.6 Å². The summed E-state index contributed by atoms with van der Waals surface area (Å²) in [5.41, 5.74) is 2.29. The molecule has 1 aliphatic heterocycles. The zero-order valence-corrected chi connectivity index (χ0v) is 17.3. The number of carbonyl (C=O) groups excluding carboxylic acids is 1. The van der Waals surface area contributed by atoms with Crippen LogP contribution < -0.4 is 19.7 Å². The van der Waals surface area contributed by atoms with Crippen molar-refractivity contribution in [2.24, 2.45) is 0 Å². The average Bonchev–Trinajstić information content (AvgIpc) is 3.14. The van der Waals surface area contributed by atoms with Crippen LogP contribution in [0, 0.1) is 0 Å². The van der Waals surface area contributed by atoms with Gasteiger partial charge in [0.05, 0.1) is 18.7 Å². The Hall–Kier alpha value is -2.69. The Labute approximate surface area is 173 Å². The first-order valence-electron chi connectivity index (χ1n) is 10.6. The van der Waals surface area contributed by atoms with Crippen molar-refractivity contribution in [3.8, 4) is 11.5 Å². The smallest absolute Gasteiger partial charge is 0.217 e. The molecule has 2 aromatic carbocycles. The first-order valence-corrected chi connectivity index (χ1v) is 10.6. The Balaban J connectivity index is 1.29. The molecule has 2 aromatic rings. The lowest BCUT2D eigenvalue weighted by Crippen LogP contribution is -2.25. The van der Waals surface area contributed by atoms with Gasteiger partial charge in [0.25, 0.3) is 0 Å². The van der Waals surface area contributed by atoms with Gasteiger partial charge in [0.2, 0.25) is 5.91 Å². The topological polar surface area (TPSA) is 50.8 Å². The summed E-state index contributed by atoms with van der Waals surface area (Å²) in [6, 6.07) is 16.5. The summed E-state index contributed by atoms with van der Waals surface area (Å²) in [6.45, 7) is 5.39. The predicted molar refractivity (Wildman–Crippen MR) is 115 cm³/mol. The van der Waals surface area contributed by atoms with E-state index < -0.39 is 0 Å². The van der Waals surface area contributed by atoms with E-state index >= 15 is 0 Å². The minimum Gasteiger partial charge on any atom is -0.490 e. The number of nitrogens with one attached hydrogen (secondary N) is 1. The van der Waals surface area contributed by atoms with Gasteiger partial charge in [-0.3, -0.25) is 4.79 Å². The van der Waals surface area contributed by atoms with Gasteiger partial charge in [0.1, 0.15) is 17.6 Å². The van der Waals surface area contributed by atoms with Crippen LogP contribution in [0.15, 0.2) is 48.5 Å². The Morgan fingerprint density at radius 2 is 1.59 bits per heavy atom. The molecule has 1 N–H and O–H groups in total. The molecule has 5 nitrogen and oxygen atoms in total. The maximum absolute atomic E-state index is 11.2. The fourth-order valence-electron chi connectivity index (χ4n) is 3.89. The van der Waals surface area contributed by atoms with Crippen LogP contribution in [0.2, 0.25) is 0 Å². The zero-order valence-electron chi connectivity index (χ0n) is 17.3. The number of benzene rings is 2. The molecule has 0 radical (unpaired) electrons. The first kappa shape index (κ1) is 19.6. The van der Waals surface area contributed by atoms with Gasteiger partial charge >= 0.3 is 0 Å². The van der Waals surface area contributed by atoms with Gasteiger partial charge in [-0.15, -0.1) is 0 Å². The van der Waals surface area contributed by atoms with Crippen LogP contribution in [0.4, 0.5) is 5.69 Å². The van der Waals surface area contributed by atoms with Crippen molar-refractivity contribution in [2.45, 2.75) is 57.8 Å². The van der Waals surface area contributed by atoms with E-state index in [0.717, 1.165) is 36.6 Å². The number of carbonyl (C=O) groups is 1. The molecule has 2 aliphatic rings. The molecule has 1 saturated carbocycles. The highest BCUT2D eigenvalue weighted by atomic mass is 16.5. The van der Waals surface area contributed by atoms with Crippen LogP contribution in [0.1, 0.15) is 51.1 Å². The van der Waals surface area contributed by atoms with E-state index in [9.17, 15) is 4.79 Å². The maximum atomic E-state index is 11.2. The van der Waals surface area contributed by atoms with Gasteiger partial charge in [-0.25, -0.2) is 0 Å². The summed E-state index contributed by atoms with van der Waals surface area (Å²) in [5, 5.41) is 2.90. The highest BCUT2D eigenvalue weighted by molar-refractivity contribution is 5.73. The summed E-state index contributed by atoms with van der Waals surface area (Å²) in [4.78, 5) is 13.6. The van der Waals surface area contributed by atoms with E-state index in [1.54, 1.807) is 0 Å². The Morgan fingerprint density at radius 1 is 0.966 bits per heavy atom. The van der Waals surface area contributed by atoms with Crippen LogP contribution >= 0.6 is 0 Å². The first-order chi connectivity index (χ1) is 14.1. The lowest BCUT2D eigenvalue weighted by Gasteiger charge is -2.26. The SMILES string of the molecule is CC(=O)N[C@@H](C)c1ccc(O[C@@H]2CCN(c3ccc(OC4CCC4)cc3)C2)cc1. The normalized spacial score (nSPS) is 20.1. The minimum atomic E-state index is -0.0218. The van der Waals surface area contributed by atoms with Gasteiger partial charge in [-0.05, 0) is 68.1 Å². The quantitative estimate of drug-likeness (QED) is 0.753. The average molecular weight is 395 g/mol. The molecule has 5 heteroatoms. The third-order valence-corrected chi connectivity index (χ3v) is 5.80. The molecule has 2 atom stereocenters. The summed E-state index contributed by atoms with van der Waals surface area (Å²) in [6.07, 6.45) is 5.25. The molecule has 4 rings (SSSR count). The predicted octanol–water partition coefficient (Wildman–Crippen LogP) is 4.47. The number of nitrogens with zero attached hydrogens (tertiary/aromatic N) is 1. The number of amides is 1. The van der Waals surface area contributed by atoms with E-state index in [4.69, 9.17) is 9.47 Å². The van der Waals surface area contributed by atoms with Crippen LogP contribution in [0.25, 0.3) is 0 Å². The highest BCUT2D eigenvalue weighted by Crippen LogP contribution is 2.29. The molecule has 0 spiro atoms. The summed E-state index contributed by atoms with van der Waals surface area (Å²) in [7, 11) is 0. The molecule has 1 heterocycles. The monoisotopic (exact) mass is 394 g/mol. The second kappa shape index (κ2) is 8.76. The van der Waals surface area contributed by atoms with Crippen molar-refractivity contribution in [3.63, 3.8) is 0 Å². The van der Waals surface area contributed by atoms with Crippen LogP contribution in [-0.2, 0) is 4.79 Å². The van der Waals surface area contributed by atoms with Crippen molar-refractivity contribution in [2.75, 3.05) is 18.0 Å². The molecule has 29 heavy (non-hydrogen) atoms. The number of ether oxygens (including phenoxy) is 2. The second-order valence-electron chi connectivity index (χ2n) is 8.13. The van der Waals surface area contributed by atoms with E-state index in [2.05, 4.69) is 34.5 Å². The molecule has 0 aromatic heterocycles. The highest BCUT2D eigenvalue weighted by Gasteiger charge is 2.25. The summed E-state index contributed by atoms with van der Waals surface area (Å²) in [5.74, 6) is 1.82. The van der Waals surface area contributed by atoms with Crippen molar-refractivity contribution in [1.82, 2.24) is 5.32 Å². The number of rotatable bonds is 7. The van der Waals surface area contributed by atoms with E-state index in [1.165, 1.54) is 31.9 Å². The third-order valence-electron chi connectivity index (χ3n) is 5.80. The van der Waals surface area contributed by atoms with E-state index in [-0.39, 0.29) is 18.1 Å². The molecule has 1 saturated heterocycles. The fourth-order valence-corrected chi connectivity index (χ4v) is 3.89. The van der Waals surface area contributed by atoms with Gasteiger partial charge in [-0.1, -0.05) is 12.1 Å². The van der Waals surface area contributed by atoms with Gasteiger partial charge in [-0.2, -0.15) is 0 Å². The fraction of sp³-hybridized carbons (Fsp3) is 0.458. The van der Waals surface area contributed by atoms with Gasteiger partial charge in [0.15, 0.2) is 0 Å². The molecule has 1 amide bonds. The lowest BCUT2D eigenvalue weighted by atomic mass is 9.96. The minimum absolute atomic E-state index is 0.000218. The van der Waals surface area contributed by atoms with Gasteiger partial charge in [0, 0.05) is 25.6 Å². The Morgan fingerprint density at radius 3 is 2.17 bits per heavy atom. The molecular weight excluding hydrogens is 364 g/mol. The molecular formula is C24H30N2O3. The molecule has 0 unspecified atom stereocenters. The standard InChI is InChI=1S/C24H30N2O3/c1-17(25-18(2)27)19-6-10-22(11-7-19)29-24-14-15-26(16-24)20-8-12-23(13-9-20)28-21-4-3-5-21/h6-13,17,21,24H,3-5,14-16H2,1-2H3,(H,25,27)/t17-,24+/m0/s1. The van der Waals surface area contributed by atoms with Crippen LogP contribution in [0.5, 0.6) is 11.5 Å². The van der Waals surface area contributed by atoms with Gasteiger partial charge < -0.3 is 19.7 Å². The number of hydrogen-bond acceptors (Lipinski definition) is 4. The Bertz CT molecular complexity index is 815. The molecule has 154 valence electrons. The summed E-state index contributed by atoms with van der Waals surface area (Å²) >= 11 is 0. The largest absolute Gasteiger partial charge is 0.490 e. The third kappa shape index (κ3) is 5.03. The Kier molecular flexibility index (Phi) is 5.93. The lowest BCUT2D eigenvalue weighted by molar-refractivity contribution is -0.119. The zero-order chi connectivity index (χ0) is 20.2. The molecule has 0 bridgehead atoms. The molecule has 1 aliphatic carbocycles. The second-order valence-corrected chi connectivity index (χ2v) is 8.13. The van der Waals surface area contributed by atoms with Crippen LogP contribution in [-0.4, -0.2) is 31.2 Å². The van der Waals surface area contributed by atoms with Crippen molar-refractivity contribution in [3.05, 3.63) is 54.1 Å². The van der Waals surface area contributed by atoms with Crippen LogP contribution in [0.3, 0.4) is 0 Å². The summed E-state index contributed by atoms with van der Waals surface area (Å²) < 4.78 is 12.1. The number of hydrogen-bond donors (Lipinski definition) is 1. The number of anilines is 1. The maximum Gasteiger partial charge on any atom is 0.217 e.